The van der Waals surface area contributed by atoms with Crippen LogP contribution in [0.4, 0.5) is 74.6 Å². The molecule has 0 aliphatic rings. The van der Waals surface area contributed by atoms with Crippen molar-refractivity contribution in [2.45, 2.75) is 52.1 Å². The van der Waals surface area contributed by atoms with Gasteiger partial charge in [0.1, 0.15) is 12.4 Å². The van der Waals surface area contributed by atoms with Gasteiger partial charge in [-0.05, 0) is 0 Å². The summed E-state index contributed by atoms with van der Waals surface area (Å²) in [6.07, 6.45) is -13.8. The summed E-state index contributed by atoms with van der Waals surface area (Å²) < 4.78 is 224. The summed E-state index contributed by atoms with van der Waals surface area (Å²) in [5.74, 6) is -41.7. The van der Waals surface area contributed by atoms with Crippen LogP contribution in [-0.2, 0) is 7.05 Å². The molecule has 1 rings (SSSR count). The number of aryl methyl sites for hydroxylation is 1. The molecule has 188 valence electrons. The number of aromatic amines is 1. The maximum absolute atomic E-state index is 14.4. The first-order valence-electron chi connectivity index (χ1n) is 7.17. The first-order valence-corrected chi connectivity index (χ1v) is 7.99. The maximum atomic E-state index is 14.4. The number of thioether (sulfide) groups is 1. The van der Waals surface area contributed by atoms with Crippen LogP contribution >= 0.6 is 11.8 Å². The molecule has 1 atom stereocenters. The Kier molecular flexibility index (Phi) is 6.60. The fraction of sp³-hybridized carbons (Fsp3) is 0.750. The molecule has 0 amide bonds. The molecule has 32 heavy (non-hydrogen) atoms. The van der Waals surface area contributed by atoms with E-state index in [1.807, 2.05) is 0 Å². The minimum Gasteiger partial charge on any atom is -0.238 e. The number of imidazole rings is 1. The van der Waals surface area contributed by atoms with Crippen molar-refractivity contribution >= 4 is 11.8 Å². The number of hydrogen-bond donors (Lipinski definition) is 1. The average molecular weight is 533 g/mol. The number of hydrogen-bond acceptors (Lipinski definition) is 1. The summed E-state index contributed by atoms with van der Waals surface area (Å²) in [6, 6.07) is 0. The Labute approximate surface area is 168 Å². The third-order valence-corrected chi connectivity index (χ3v) is 5.13. The van der Waals surface area contributed by atoms with Crippen LogP contribution < -0.4 is 4.57 Å². The number of nitrogens with zero attached hydrogens (tertiary/aromatic N) is 1. The highest BCUT2D eigenvalue weighted by Gasteiger charge is 2.95. The van der Waals surface area contributed by atoms with Gasteiger partial charge in [-0.2, -0.15) is 70.2 Å². The number of H-pyrrole nitrogens is 1. The van der Waals surface area contributed by atoms with E-state index in [0.29, 0.717) is 24.0 Å². The minimum atomic E-state index is -8.57. The van der Waals surface area contributed by atoms with Crippen LogP contribution in [0.15, 0.2) is 17.6 Å². The van der Waals surface area contributed by atoms with E-state index in [0.717, 1.165) is 0 Å². The van der Waals surface area contributed by atoms with E-state index < -0.39 is 63.9 Å². The molecule has 20 heteroatoms. The van der Waals surface area contributed by atoms with Crippen molar-refractivity contribution in [3.05, 3.63) is 12.4 Å². The fourth-order valence-electron chi connectivity index (χ4n) is 1.90. The lowest BCUT2D eigenvalue weighted by atomic mass is 9.91. The number of nitrogens with one attached hydrogen (secondary N) is 1. The smallest absolute Gasteiger partial charge is 0.238 e. The number of alkyl halides is 17. The number of aromatic nitrogens is 2. The van der Waals surface area contributed by atoms with Gasteiger partial charge < -0.3 is 0 Å². The molecule has 0 aliphatic heterocycles. The Morgan fingerprint density at radius 3 is 1.28 bits per heavy atom. The van der Waals surface area contributed by atoms with Crippen LogP contribution in [-0.4, -0.2) is 52.0 Å². The molecule has 0 radical (unpaired) electrons. The first kappa shape index (κ1) is 28.4. The third-order valence-electron chi connectivity index (χ3n) is 3.76. The van der Waals surface area contributed by atoms with Crippen LogP contribution in [0.2, 0.25) is 0 Å². The van der Waals surface area contributed by atoms with E-state index in [1.165, 1.54) is 0 Å². The zero-order valence-corrected chi connectivity index (χ0v) is 15.3. The van der Waals surface area contributed by atoms with Gasteiger partial charge in [-0.25, -0.2) is 13.9 Å². The fourth-order valence-corrected chi connectivity index (χ4v) is 2.87. The topological polar surface area (TPSA) is 19.7 Å². The highest BCUT2D eigenvalue weighted by atomic mass is 32.2. The molecule has 0 spiro atoms. The molecule has 1 aromatic heterocycles. The van der Waals surface area contributed by atoms with E-state index in [-0.39, 0.29) is 0 Å². The van der Waals surface area contributed by atoms with Crippen molar-refractivity contribution in [3.8, 4) is 0 Å². The van der Waals surface area contributed by atoms with Crippen LogP contribution in [0.1, 0.15) is 0 Å². The van der Waals surface area contributed by atoms with Crippen LogP contribution in [0.25, 0.3) is 0 Å². The quantitative estimate of drug-likeness (QED) is 0.263. The van der Waals surface area contributed by atoms with Gasteiger partial charge in [0.25, 0.3) is 0 Å². The van der Waals surface area contributed by atoms with Gasteiger partial charge in [0.15, 0.2) is 0 Å². The summed E-state index contributed by atoms with van der Waals surface area (Å²) in [4.78, 5) is 1.57. The number of halogens is 17. The lowest BCUT2D eigenvalue weighted by molar-refractivity contribution is -0.708. The van der Waals surface area contributed by atoms with Crippen LogP contribution in [0.3, 0.4) is 0 Å². The minimum absolute atomic E-state index is 0.295. The molecule has 0 saturated carbocycles. The van der Waals surface area contributed by atoms with E-state index in [9.17, 15) is 74.6 Å². The molecule has 1 aromatic rings. The molecule has 0 bridgehead atoms. The second kappa shape index (κ2) is 7.44. The third kappa shape index (κ3) is 3.64. The molecule has 1 unspecified atom stereocenters. The highest BCUT2D eigenvalue weighted by molar-refractivity contribution is 8.00. The standard InChI is InChI=1S/C12H5F17N2S/c1-31-3-2-30-4(31)32-10(23,12(27,28)29)8(19,20)6(15,16)5(13,14)7(17,18)9(21,22)11(24,25)26/h2-3H,1H3/p+1. The summed E-state index contributed by atoms with van der Waals surface area (Å²) in [6.45, 7) is 0. The Hall–Kier alpha value is -1.63. The molecule has 0 saturated heterocycles. The molecular weight excluding hydrogens is 527 g/mol. The average Bonchev–Trinajstić information content (AvgIpc) is 2.96. The van der Waals surface area contributed by atoms with Crippen molar-refractivity contribution in [1.82, 2.24) is 4.98 Å². The van der Waals surface area contributed by atoms with Crippen LogP contribution in [0, 0.1) is 0 Å². The van der Waals surface area contributed by atoms with Crippen molar-refractivity contribution in [3.63, 3.8) is 0 Å². The Morgan fingerprint density at radius 1 is 0.594 bits per heavy atom. The lowest BCUT2D eigenvalue weighted by Crippen LogP contribution is -2.74. The van der Waals surface area contributed by atoms with Gasteiger partial charge >= 0.3 is 52.1 Å². The summed E-state index contributed by atoms with van der Waals surface area (Å²) in [5.41, 5.74) is 0. The van der Waals surface area contributed by atoms with Gasteiger partial charge in [-0.15, -0.1) is 0 Å². The Morgan fingerprint density at radius 2 is 0.969 bits per heavy atom. The van der Waals surface area contributed by atoms with E-state index >= 15 is 0 Å². The van der Waals surface area contributed by atoms with Crippen molar-refractivity contribution in [2.75, 3.05) is 0 Å². The Bertz CT molecular complexity index is 822. The molecule has 2 nitrogen and oxygen atoms in total. The molecule has 0 fully saturated rings. The largest absolute Gasteiger partial charge is 0.460 e. The van der Waals surface area contributed by atoms with Gasteiger partial charge in [-0.3, -0.25) is 0 Å². The second-order valence-corrected chi connectivity index (χ2v) is 7.09. The van der Waals surface area contributed by atoms with E-state index in [1.54, 1.807) is 4.98 Å². The highest BCUT2D eigenvalue weighted by Crippen LogP contribution is 2.66. The van der Waals surface area contributed by atoms with E-state index in [4.69, 9.17) is 0 Å². The first-order chi connectivity index (χ1) is 13.7. The SMILES string of the molecule is C[n+]1cc[nH]c1SC(F)(C(F)(F)F)C(F)(F)C(F)(F)C(F)(F)C(F)(F)C(F)(F)C(F)(F)F. The zero-order valence-electron chi connectivity index (χ0n) is 14.4. The Balaban J connectivity index is 3.77. The molecule has 1 heterocycles. The van der Waals surface area contributed by atoms with Gasteiger partial charge in [0.2, 0.25) is 0 Å². The monoisotopic (exact) mass is 533 g/mol. The number of rotatable bonds is 7. The second-order valence-electron chi connectivity index (χ2n) is 5.94. The lowest BCUT2D eigenvalue weighted by Gasteiger charge is -2.43. The summed E-state index contributed by atoms with van der Waals surface area (Å²) in [7, 11) is 0.679. The summed E-state index contributed by atoms with van der Waals surface area (Å²) >= 11 is -2.00. The van der Waals surface area contributed by atoms with Crippen molar-refractivity contribution in [2.24, 2.45) is 7.05 Å². The normalized spacial score (nSPS) is 17.4. The maximum Gasteiger partial charge on any atom is 0.460 e. The zero-order chi connectivity index (χ0) is 26.0. The molecule has 0 aromatic carbocycles. The van der Waals surface area contributed by atoms with Crippen molar-refractivity contribution in [1.29, 1.82) is 0 Å². The predicted molar refractivity (Wildman–Crippen MR) is 68.5 cm³/mol. The predicted octanol–water partition coefficient (Wildman–Crippen LogP) is 5.90. The molecular formula is C12H6F17N2S+. The summed E-state index contributed by atoms with van der Waals surface area (Å²) in [5, 5.41) is -8.39. The molecule has 1 N–H and O–H groups in total. The molecule has 0 aliphatic carbocycles. The van der Waals surface area contributed by atoms with Crippen molar-refractivity contribution < 1.29 is 79.2 Å². The van der Waals surface area contributed by atoms with Gasteiger partial charge in [-0.1, -0.05) is 0 Å². The van der Waals surface area contributed by atoms with Crippen LogP contribution in [0.5, 0.6) is 0 Å². The van der Waals surface area contributed by atoms with Gasteiger partial charge in [0, 0.05) is 11.8 Å². The van der Waals surface area contributed by atoms with Gasteiger partial charge in [0.05, 0.1) is 7.05 Å². The van der Waals surface area contributed by atoms with E-state index in [2.05, 4.69) is 0 Å².